The van der Waals surface area contributed by atoms with Crippen molar-refractivity contribution in [3.8, 4) is 5.75 Å². The van der Waals surface area contributed by atoms with Crippen molar-refractivity contribution in [3.05, 3.63) is 65.7 Å². The Morgan fingerprint density at radius 1 is 1.17 bits per heavy atom. The van der Waals surface area contributed by atoms with Gasteiger partial charge in [-0.15, -0.1) is 0 Å². The van der Waals surface area contributed by atoms with Crippen LogP contribution in [0.3, 0.4) is 0 Å². The standard InChI is InChI=1S/C20H24N2O2/c1-5-10-24-18-9-7-6-8-17(18)22-19(23)13-21-20-15(3)11-14(2)12-16(20)4/h5-9,11-12,21H,1,10,13H2,2-4H3,(H,22,23). The normalized spacial score (nSPS) is 10.1. The highest BCUT2D eigenvalue weighted by molar-refractivity contribution is 5.95. The Labute approximate surface area is 143 Å². The third-order valence-corrected chi connectivity index (χ3v) is 3.62. The molecule has 0 saturated carbocycles. The van der Waals surface area contributed by atoms with Crippen molar-refractivity contribution in [2.75, 3.05) is 23.8 Å². The molecule has 4 nitrogen and oxygen atoms in total. The van der Waals surface area contributed by atoms with Crippen molar-refractivity contribution < 1.29 is 9.53 Å². The van der Waals surface area contributed by atoms with Gasteiger partial charge in [-0.3, -0.25) is 4.79 Å². The van der Waals surface area contributed by atoms with E-state index >= 15 is 0 Å². The van der Waals surface area contributed by atoms with E-state index in [2.05, 4.69) is 36.3 Å². The van der Waals surface area contributed by atoms with E-state index < -0.39 is 0 Å². The van der Waals surface area contributed by atoms with Crippen LogP contribution in [0.25, 0.3) is 0 Å². The predicted octanol–water partition coefficient (Wildman–Crippen LogP) is 4.23. The fraction of sp³-hybridized carbons (Fsp3) is 0.250. The van der Waals surface area contributed by atoms with Crippen LogP contribution in [-0.4, -0.2) is 19.1 Å². The molecule has 0 heterocycles. The number of para-hydroxylation sites is 2. The van der Waals surface area contributed by atoms with Gasteiger partial charge in [0.2, 0.25) is 5.91 Å². The van der Waals surface area contributed by atoms with E-state index in [1.807, 2.05) is 38.1 Å². The quantitative estimate of drug-likeness (QED) is 0.750. The molecule has 0 radical (unpaired) electrons. The molecule has 0 fully saturated rings. The first kappa shape index (κ1) is 17.6. The number of benzene rings is 2. The van der Waals surface area contributed by atoms with Crippen LogP contribution in [0.15, 0.2) is 49.1 Å². The highest BCUT2D eigenvalue weighted by Gasteiger charge is 2.09. The molecule has 0 atom stereocenters. The Bertz CT molecular complexity index is 715. The number of ether oxygens (including phenoxy) is 1. The molecular weight excluding hydrogens is 300 g/mol. The van der Waals surface area contributed by atoms with Gasteiger partial charge < -0.3 is 15.4 Å². The van der Waals surface area contributed by atoms with Crippen LogP contribution in [0.1, 0.15) is 16.7 Å². The van der Waals surface area contributed by atoms with Gasteiger partial charge in [0.25, 0.3) is 0 Å². The molecule has 126 valence electrons. The second kappa shape index (κ2) is 8.20. The van der Waals surface area contributed by atoms with Gasteiger partial charge in [-0.1, -0.05) is 42.5 Å². The van der Waals surface area contributed by atoms with E-state index in [1.54, 1.807) is 6.08 Å². The predicted molar refractivity (Wildman–Crippen MR) is 99.9 cm³/mol. The molecule has 2 aromatic carbocycles. The minimum absolute atomic E-state index is 0.121. The number of amides is 1. The van der Waals surface area contributed by atoms with Crippen molar-refractivity contribution >= 4 is 17.3 Å². The summed E-state index contributed by atoms with van der Waals surface area (Å²) in [4.78, 5) is 12.3. The van der Waals surface area contributed by atoms with E-state index in [9.17, 15) is 4.79 Å². The van der Waals surface area contributed by atoms with Crippen LogP contribution in [-0.2, 0) is 4.79 Å². The lowest BCUT2D eigenvalue weighted by Gasteiger charge is -2.15. The van der Waals surface area contributed by atoms with E-state index in [0.717, 1.165) is 16.8 Å². The largest absolute Gasteiger partial charge is 0.487 e. The van der Waals surface area contributed by atoms with Gasteiger partial charge in [-0.25, -0.2) is 0 Å². The van der Waals surface area contributed by atoms with Crippen LogP contribution < -0.4 is 15.4 Å². The molecular formula is C20H24N2O2. The van der Waals surface area contributed by atoms with Crippen LogP contribution in [0, 0.1) is 20.8 Å². The fourth-order valence-corrected chi connectivity index (χ4v) is 2.67. The van der Waals surface area contributed by atoms with Crippen molar-refractivity contribution in [1.29, 1.82) is 0 Å². The lowest BCUT2D eigenvalue weighted by atomic mass is 10.1. The molecule has 2 rings (SSSR count). The first-order valence-corrected chi connectivity index (χ1v) is 7.95. The number of aryl methyl sites for hydroxylation is 3. The second-order valence-electron chi connectivity index (χ2n) is 5.77. The number of rotatable bonds is 7. The highest BCUT2D eigenvalue weighted by Crippen LogP contribution is 2.24. The minimum atomic E-state index is -0.121. The van der Waals surface area contributed by atoms with Crippen LogP contribution >= 0.6 is 0 Å². The monoisotopic (exact) mass is 324 g/mol. The maximum atomic E-state index is 12.3. The molecule has 0 spiro atoms. The number of nitrogens with one attached hydrogen (secondary N) is 2. The maximum absolute atomic E-state index is 12.3. The molecule has 0 saturated heterocycles. The van der Waals surface area contributed by atoms with E-state index in [-0.39, 0.29) is 12.5 Å². The summed E-state index contributed by atoms with van der Waals surface area (Å²) in [6, 6.07) is 11.6. The molecule has 0 bridgehead atoms. The molecule has 1 amide bonds. The van der Waals surface area contributed by atoms with Gasteiger partial charge in [-0.2, -0.15) is 0 Å². The number of anilines is 2. The molecule has 0 unspecified atom stereocenters. The first-order valence-electron chi connectivity index (χ1n) is 7.95. The zero-order chi connectivity index (χ0) is 17.5. The van der Waals surface area contributed by atoms with Crippen molar-refractivity contribution in [2.45, 2.75) is 20.8 Å². The van der Waals surface area contributed by atoms with Crippen LogP contribution in [0.5, 0.6) is 5.75 Å². The van der Waals surface area contributed by atoms with Gasteiger partial charge in [0.05, 0.1) is 12.2 Å². The van der Waals surface area contributed by atoms with Crippen molar-refractivity contribution in [3.63, 3.8) is 0 Å². The zero-order valence-corrected chi connectivity index (χ0v) is 14.5. The third-order valence-electron chi connectivity index (χ3n) is 3.62. The Hall–Kier alpha value is -2.75. The average molecular weight is 324 g/mol. The summed E-state index contributed by atoms with van der Waals surface area (Å²) in [5.41, 5.74) is 5.15. The highest BCUT2D eigenvalue weighted by atomic mass is 16.5. The molecule has 0 aromatic heterocycles. The maximum Gasteiger partial charge on any atom is 0.243 e. The number of carbonyl (C=O) groups excluding carboxylic acids is 1. The number of carbonyl (C=O) groups is 1. The first-order chi connectivity index (χ1) is 11.5. The summed E-state index contributed by atoms with van der Waals surface area (Å²) in [7, 11) is 0. The summed E-state index contributed by atoms with van der Waals surface area (Å²) >= 11 is 0. The van der Waals surface area contributed by atoms with Crippen LogP contribution in [0.4, 0.5) is 11.4 Å². The van der Waals surface area contributed by atoms with E-state index in [0.29, 0.717) is 18.0 Å². The van der Waals surface area contributed by atoms with Gasteiger partial charge in [-0.05, 0) is 44.0 Å². The smallest absolute Gasteiger partial charge is 0.243 e. The summed E-state index contributed by atoms with van der Waals surface area (Å²) in [5, 5.41) is 6.10. The lowest BCUT2D eigenvalue weighted by molar-refractivity contribution is -0.114. The molecule has 0 aliphatic carbocycles. The van der Waals surface area contributed by atoms with E-state index in [4.69, 9.17) is 4.74 Å². The molecule has 4 heteroatoms. The number of hydrogen-bond donors (Lipinski definition) is 2. The fourth-order valence-electron chi connectivity index (χ4n) is 2.67. The van der Waals surface area contributed by atoms with Crippen molar-refractivity contribution in [2.24, 2.45) is 0 Å². The summed E-state index contributed by atoms with van der Waals surface area (Å²) in [6.07, 6.45) is 1.67. The van der Waals surface area contributed by atoms with Gasteiger partial charge in [0, 0.05) is 5.69 Å². The molecule has 2 aromatic rings. The van der Waals surface area contributed by atoms with Gasteiger partial charge in [0.15, 0.2) is 0 Å². The SMILES string of the molecule is C=CCOc1ccccc1NC(=O)CNc1c(C)cc(C)cc1C. The van der Waals surface area contributed by atoms with Crippen molar-refractivity contribution in [1.82, 2.24) is 0 Å². The Kier molecular flexibility index (Phi) is 6.01. The summed E-state index contributed by atoms with van der Waals surface area (Å²) < 4.78 is 5.55. The van der Waals surface area contributed by atoms with E-state index in [1.165, 1.54) is 5.56 Å². The molecule has 24 heavy (non-hydrogen) atoms. The second-order valence-corrected chi connectivity index (χ2v) is 5.77. The summed E-state index contributed by atoms with van der Waals surface area (Å²) in [6.45, 7) is 10.4. The minimum Gasteiger partial charge on any atom is -0.487 e. The number of hydrogen-bond acceptors (Lipinski definition) is 3. The molecule has 0 aliphatic rings. The topological polar surface area (TPSA) is 50.4 Å². The average Bonchev–Trinajstić information content (AvgIpc) is 2.53. The molecule has 2 N–H and O–H groups in total. The molecule has 0 aliphatic heterocycles. The Balaban J connectivity index is 2.01. The Morgan fingerprint density at radius 3 is 2.50 bits per heavy atom. The van der Waals surface area contributed by atoms with Gasteiger partial charge in [0.1, 0.15) is 12.4 Å². The van der Waals surface area contributed by atoms with Crippen LogP contribution in [0.2, 0.25) is 0 Å². The van der Waals surface area contributed by atoms with Gasteiger partial charge >= 0.3 is 0 Å². The summed E-state index contributed by atoms with van der Waals surface area (Å²) in [5.74, 6) is 0.512. The third kappa shape index (κ3) is 4.62. The zero-order valence-electron chi connectivity index (χ0n) is 14.5. The Morgan fingerprint density at radius 2 is 1.83 bits per heavy atom. The lowest BCUT2D eigenvalue weighted by Crippen LogP contribution is -2.22.